The third kappa shape index (κ3) is 2.65. The largest absolute Gasteiger partial charge is 0.474 e. The van der Waals surface area contributed by atoms with E-state index in [9.17, 15) is 0 Å². The SMILES string of the molecule is NCCCOC1[B]c2cc(Cl)ccc2O1. The topological polar surface area (TPSA) is 44.5 Å². The average molecular weight is 224 g/mol. The lowest BCUT2D eigenvalue weighted by Gasteiger charge is -2.11. The zero-order valence-corrected chi connectivity index (χ0v) is 9.04. The second-order valence-corrected chi connectivity index (χ2v) is 3.78. The molecule has 0 amide bonds. The van der Waals surface area contributed by atoms with Gasteiger partial charge in [0.05, 0.1) is 6.61 Å². The van der Waals surface area contributed by atoms with Gasteiger partial charge in [0.2, 0.25) is 7.28 Å². The molecule has 0 fully saturated rings. The summed E-state index contributed by atoms with van der Waals surface area (Å²) in [5, 5.41) is 0.705. The van der Waals surface area contributed by atoms with Gasteiger partial charge in [0.15, 0.2) is 6.19 Å². The number of benzene rings is 1. The minimum absolute atomic E-state index is 0.301. The second kappa shape index (κ2) is 4.88. The van der Waals surface area contributed by atoms with Gasteiger partial charge in [0.25, 0.3) is 0 Å². The highest BCUT2D eigenvalue weighted by atomic mass is 35.5. The first kappa shape index (κ1) is 10.8. The molecule has 1 radical (unpaired) electrons. The Kier molecular flexibility index (Phi) is 3.51. The van der Waals surface area contributed by atoms with E-state index >= 15 is 0 Å². The molecule has 79 valence electrons. The lowest BCUT2D eigenvalue weighted by Crippen LogP contribution is -2.27. The Bertz CT molecular complexity index is 348. The van der Waals surface area contributed by atoms with Crippen molar-refractivity contribution in [1.82, 2.24) is 0 Å². The molecule has 0 saturated carbocycles. The summed E-state index contributed by atoms with van der Waals surface area (Å²) in [6, 6.07) is 5.51. The summed E-state index contributed by atoms with van der Waals surface area (Å²) in [4.78, 5) is 0. The number of rotatable bonds is 4. The predicted octanol–water partition coefficient (Wildman–Crippen LogP) is 0.711. The molecule has 1 aromatic rings. The Labute approximate surface area is 94.7 Å². The third-order valence-corrected chi connectivity index (χ3v) is 2.40. The molecule has 2 N–H and O–H groups in total. The molecular weight excluding hydrogens is 212 g/mol. The summed E-state index contributed by atoms with van der Waals surface area (Å²) >= 11 is 5.86. The van der Waals surface area contributed by atoms with E-state index in [0.29, 0.717) is 18.2 Å². The van der Waals surface area contributed by atoms with Crippen LogP contribution >= 0.6 is 11.6 Å². The molecule has 0 spiro atoms. The van der Waals surface area contributed by atoms with Crippen LogP contribution in [0.25, 0.3) is 0 Å². The molecule has 0 saturated heterocycles. The van der Waals surface area contributed by atoms with Crippen LogP contribution in [0.3, 0.4) is 0 Å². The molecule has 1 unspecified atom stereocenters. The van der Waals surface area contributed by atoms with Crippen LogP contribution < -0.4 is 15.9 Å². The van der Waals surface area contributed by atoms with E-state index in [1.165, 1.54) is 0 Å². The molecule has 1 aliphatic heterocycles. The Morgan fingerprint density at radius 3 is 3.20 bits per heavy atom. The van der Waals surface area contributed by atoms with Crippen LogP contribution in [-0.4, -0.2) is 26.6 Å². The molecule has 1 atom stereocenters. The minimum atomic E-state index is -0.301. The van der Waals surface area contributed by atoms with Crippen molar-refractivity contribution < 1.29 is 9.47 Å². The standard InChI is InChI=1S/C10H12BClNO2/c12-7-2-3-9-8(6-7)11-10(15-9)14-5-1-4-13/h2-3,6,10H,1,4-5,13H2. The van der Waals surface area contributed by atoms with Crippen molar-refractivity contribution in [3.05, 3.63) is 23.2 Å². The van der Waals surface area contributed by atoms with Crippen LogP contribution in [-0.2, 0) is 4.74 Å². The third-order valence-electron chi connectivity index (χ3n) is 2.16. The van der Waals surface area contributed by atoms with Crippen molar-refractivity contribution in [2.24, 2.45) is 5.73 Å². The van der Waals surface area contributed by atoms with E-state index in [2.05, 4.69) is 0 Å². The Morgan fingerprint density at radius 2 is 2.40 bits per heavy atom. The van der Waals surface area contributed by atoms with Gasteiger partial charge in [-0.25, -0.2) is 0 Å². The fourth-order valence-electron chi connectivity index (χ4n) is 1.43. The van der Waals surface area contributed by atoms with E-state index in [0.717, 1.165) is 17.6 Å². The van der Waals surface area contributed by atoms with Crippen molar-refractivity contribution in [3.8, 4) is 5.75 Å². The highest BCUT2D eigenvalue weighted by Crippen LogP contribution is 2.19. The fourth-order valence-corrected chi connectivity index (χ4v) is 1.61. The number of hydrogen-bond donors (Lipinski definition) is 1. The van der Waals surface area contributed by atoms with Crippen molar-refractivity contribution >= 4 is 24.3 Å². The lowest BCUT2D eigenvalue weighted by molar-refractivity contribution is -0.0179. The number of ether oxygens (including phenoxy) is 2. The average Bonchev–Trinajstić information content (AvgIpc) is 2.60. The molecule has 0 bridgehead atoms. The van der Waals surface area contributed by atoms with Gasteiger partial charge >= 0.3 is 0 Å². The first-order valence-electron chi connectivity index (χ1n) is 4.92. The second-order valence-electron chi connectivity index (χ2n) is 3.35. The van der Waals surface area contributed by atoms with E-state index in [1.54, 1.807) is 6.07 Å². The maximum absolute atomic E-state index is 5.86. The van der Waals surface area contributed by atoms with Gasteiger partial charge in [-0.15, -0.1) is 0 Å². The van der Waals surface area contributed by atoms with Crippen molar-refractivity contribution in [2.75, 3.05) is 13.2 Å². The molecule has 1 aromatic carbocycles. The van der Waals surface area contributed by atoms with Crippen molar-refractivity contribution in [1.29, 1.82) is 0 Å². The van der Waals surface area contributed by atoms with E-state index in [-0.39, 0.29) is 6.19 Å². The first-order chi connectivity index (χ1) is 7.29. The summed E-state index contributed by atoms with van der Waals surface area (Å²) in [7, 11) is 1.91. The van der Waals surface area contributed by atoms with Gasteiger partial charge < -0.3 is 15.2 Å². The number of nitrogens with two attached hydrogens (primary N) is 1. The maximum Gasteiger partial charge on any atom is 0.248 e. The van der Waals surface area contributed by atoms with Gasteiger partial charge in [-0.2, -0.15) is 0 Å². The predicted molar refractivity (Wildman–Crippen MR) is 60.9 cm³/mol. The number of hydrogen-bond acceptors (Lipinski definition) is 3. The molecule has 15 heavy (non-hydrogen) atoms. The monoisotopic (exact) mass is 224 g/mol. The normalized spacial score (nSPS) is 18.1. The first-order valence-corrected chi connectivity index (χ1v) is 5.30. The van der Waals surface area contributed by atoms with Crippen molar-refractivity contribution in [3.63, 3.8) is 0 Å². The molecule has 0 aliphatic carbocycles. The summed E-state index contributed by atoms with van der Waals surface area (Å²) < 4.78 is 11.0. The molecule has 0 aromatic heterocycles. The summed E-state index contributed by atoms with van der Waals surface area (Å²) in [5.41, 5.74) is 6.36. The molecule has 3 nitrogen and oxygen atoms in total. The molecule has 5 heteroatoms. The van der Waals surface area contributed by atoms with Crippen LogP contribution in [0, 0.1) is 0 Å². The zero-order valence-electron chi connectivity index (χ0n) is 8.28. The smallest absolute Gasteiger partial charge is 0.248 e. The Balaban J connectivity index is 1.91. The molecule has 2 rings (SSSR count). The maximum atomic E-state index is 5.86. The van der Waals surface area contributed by atoms with Gasteiger partial charge in [-0.1, -0.05) is 11.6 Å². The summed E-state index contributed by atoms with van der Waals surface area (Å²) in [6.45, 7) is 1.24. The van der Waals surface area contributed by atoms with E-state index in [1.807, 2.05) is 19.4 Å². The number of fused-ring (bicyclic) bond motifs is 1. The van der Waals surface area contributed by atoms with E-state index in [4.69, 9.17) is 26.8 Å². The van der Waals surface area contributed by atoms with Crippen LogP contribution in [0.15, 0.2) is 18.2 Å². The van der Waals surface area contributed by atoms with Crippen LogP contribution in [0.4, 0.5) is 0 Å². The minimum Gasteiger partial charge on any atom is -0.474 e. The lowest BCUT2D eigenvalue weighted by atomic mass is 9.71. The Hall–Kier alpha value is -0.705. The summed E-state index contributed by atoms with van der Waals surface area (Å²) in [5.74, 6) is 0.817. The number of halogens is 1. The molecule has 1 heterocycles. The fraction of sp³-hybridized carbons (Fsp3) is 0.400. The van der Waals surface area contributed by atoms with Gasteiger partial charge in [0, 0.05) is 5.02 Å². The quantitative estimate of drug-likeness (QED) is 0.605. The van der Waals surface area contributed by atoms with Gasteiger partial charge in [-0.3, -0.25) is 0 Å². The van der Waals surface area contributed by atoms with Gasteiger partial charge in [-0.05, 0) is 36.6 Å². The van der Waals surface area contributed by atoms with Crippen LogP contribution in [0.5, 0.6) is 5.75 Å². The van der Waals surface area contributed by atoms with Crippen LogP contribution in [0.1, 0.15) is 6.42 Å². The molecule has 1 aliphatic rings. The summed E-state index contributed by atoms with van der Waals surface area (Å²) in [6.07, 6.45) is 0.537. The molecular formula is C10H12BClNO2. The van der Waals surface area contributed by atoms with Crippen LogP contribution in [0.2, 0.25) is 5.02 Å². The van der Waals surface area contributed by atoms with E-state index < -0.39 is 0 Å². The highest BCUT2D eigenvalue weighted by molar-refractivity contribution is 6.57. The Morgan fingerprint density at radius 1 is 1.53 bits per heavy atom. The van der Waals surface area contributed by atoms with Gasteiger partial charge in [0.1, 0.15) is 5.75 Å². The highest BCUT2D eigenvalue weighted by Gasteiger charge is 2.24. The van der Waals surface area contributed by atoms with Crippen molar-refractivity contribution in [2.45, 2.75) is 12.6 Å². The zero-order chi connectivity index (χ0) is 10.7.